The summed E-state index contributed by atoms with van der Waals surface area (Å²) < 4.78 is 3.83. The highest BCUT2D eigenvalue weighted by Crippen LogP contribution is 2.22. The minimum absolute atomic E-state index is 0.00426. The first-order chi connectivity index (χ1) is 6.24. The number of aromatic hydroxyl groups is 1. The zero-order valence-corrected chi connectivity index (χ0v) is 6.92. The van der Waals surface area contributed by atoms with Crippen LogP contribution >= 0.6 is 11.5 Å². The van der Waals surface area contributed by atoms with Crippen LogP contribution in [0.2, 0.25) is 0 Å². The van der Waals surface area contributed by atoms with E-state index in [-0.39, 0.29) is 11.1 Å². The summed E-state index contributed by atoms with van der Waals surface area (Å²) >= 11 is 0.903. The third kappa shape index (κ3) is 0.962. The van der Waals surface area contributed by atoms with Crippen LogP contribution in [0.15, 0.2) is 4.79 Å². The molecule has 0 aromatic carbocycles. The molecule has 6 nitrogen and oxygen atoms in total. The lowest BCUT2D eigenvalue weighted by atomic mass is 10.3. The van der Waals surface area contributed by atoms with Gasteiger partial charge in [0.2, 0.25) is 5.88 Å². The molecule has 0 aliphatic heterocycles. The summed E-state index contributed by atoms with van der Waals surface area (Å²) in [6.07, 6.45) is 0. The second-order valence-electron chi connectivity index (χ2n) is 2.24. The molecule has 2 heterocycles. The molecule has 64 valence electrons. The van der Waals surface area contributed by atoms with Crippen LogP contribution in [0.1, 0.15) is 5.56 Å². The molecule has 0 bridgehead atoms. The predicted molar refractivity (Wildman–Crippen MR) is 44.4 cm³/mol. The van der Waals surface area contributed by atoms with E-state index in [1.807, 2.05) is 0 Å². The minimum Gasteiger partial charge on any atom is -0.494 e. The molecule has 0 saturated heterocycles. The Morgan fingerprint density at radius 2 is 2.38 bits per heavy atom. The number of aromatic nitrogens is 3. The average Bonchev–Trinajstić information content (AvgIpc) is 2.53. The van der Waals surface area contributed by atoms with Crippen molar-refractivity contribution >= 4 is 21.7 Å². The van der Waals surface area contributed by atoms with Gasteiger partial charge in [0.25, 0.3) is 5.56 Å². The fourth-order valence-corrected chi connectivity index (χ4v) is 1.60. The summed E-state index contributed by atoms with van der Waals surface area (Å²) in [6.45, 7) is 0. The Hall–Kier alpha value is -1.94. The smallest absolute Gasteiger partial charge is 0.280 e. The van der Waals surface area contributed by atoms with Crippen LogP contribution < -0.4 is 5.56 Å². The predicted octanol–water partition coefficient (Wildman–Crippen LogP) is -0.0431. The molecule has 0 atom stereocenters. The van der Waals surface area contributed by atoms with Crippen molar-refractivity contribution in [3.8, 4) is 11.9 Å². The lowest BCUT2D eigenvalue weighted by Gasteiger charge is -1.93. The largest absolute Gasteiger partial charge is 0.494 e. The van der Waals surface area contributed by atoms with Gasteiger partial charge in [-0.15, -0.1) is 5.10 Å². The molecule has 2 aromatic rings. The van der Waals surface area contributed by atoms with Gasteiger partial charge in [-0.2, -0.15) is 5.26 Å². The number of hydrogen-bond acceptors (Lipinski definition) is 6. The Kier molecular flexibility index (Phi) is 1.50. The Morgan fingerprint density at radius 3 is 3.08 bits per heavy atom. The quantitative estimate of drug-likeness (QED) is 0.612. The van der Waals surface area contributed by atoms with E-state index in [1.165, 1.54) is 0 Å². The third-order valence-electron chi connectivity index (χ3n) is 1.51. The number of nitriles is 1. The SMILES string of the molecule is N#Cc1c(O)[nH]c(=O)c2nnsc12. The number of nitrogens with one attached hydrogen (secondary N) is 1. The third-order valence-corrected chi connectivity index (χ3v) is 2.25. The first-order valence-corrected chi connectivity index (χ1v) is 3.99. The number of rotatable bonds is 0. The fourth-order valence-electron chi connectivity index (χ4n) is 0.944. The molecule has 0 spiro atoms. The number of fused-ring (bicyclic) bond motifs is 1. The molecule has 0 fully saturated rings. The Bertz CT molecular complexity index is 564. The molecule has 0 amide bonds. The van der Waals surface area contributed by atoms with Gasteiger partial charge in [0.1, 0.15) is 16.3 Å². The average molecular weight is 194 g/mol. The van der Waals surface area contributed by atoms with Gasteiger partial charge >= 0.3 is 0 Å². The van der Waals surface area contributed by atoms with E-state index < -0.39 is 11.4 Å². The van der Waals surface area contributed by atoms with Crippen molar-refractivity contribution in [1.82, 2.24) is 14.6 Å². The van der Waals surface area contributed by atoms with Crippen LogP contribution in [-0.4, -0.2) is 19.7 Å². The summed E-state index contributed by atoms with van der Waals surface area (Å²) in [5.41, 5.74) is -0.454. The van der Waals surface area contributed by atoms with E-state index in [0.29, 0.717) is 4.70 Å². The van der Waals surface area contributed by atoms with Crippen LogP contribution in [0.5, 0.6) is 5.88 Å². The van der Waals surface area contributed by atoms with Crippen molar-refractivity contribution in [1.29, 1.82) is 5.26 Å². The Labute approximate surface area is 75.2 Å². The van der Waals surface area contributed by atoms with Crippen LogP contribution in [-0.2, 0) is 0 Å². The summed E-state index contributed by atoms with van der Waals surface area (Å²) in [7, 11) is 0. The number of H-pyrrole nitrogens is 1. The van der Waals surface area contributed by atoms with Crippen molar-refractivity contribution in [2.75, 3.05) is 0 Å². The maximum atomic E-state index is 11.1. The second-order valence-corrected chi connectivity index (χ2v) is 2.99. The molecule has 2 rings (SSSR count). The molecule has 7 heteroatoms. The van der Waals surface area contributed by atoms with Crippen LogP contribution in [0, 0.1) is 11.3 Å². The van der Waals surface area contributed by atoms with Gasteiger partial charge < -0.3 is 5.11 Å². The lowest BCUT2D eigenvalue weighted by molar-refractivity contribution is 0.451. The molecular formula is C6H2N4O2S. The van der Waals surface area contributed by atoms with Crippen molar-refractivity contribution in [2.45, 2.75) is 0 Å². The maximum Gasteiger partial charge on any atom is 0.280 e. The molecule has 0 saturated carbocycles. The van der Waals surface area contributed by atoms with Gasteiger partial charge in [0.15, 0.2) is 5.52 Å². The highest BCUT2D eigenvalue weighted by Gasteiger charge is 2.13. The van der Waals surface area contributed by atoms with Gasteiger partial charge in [-0.25, -0.2) is 0 Å². The summed E-state index contributed by atoms with van der Waals surface area (Å²) in [6, 6.07) is 1.76. The van der Waals surface area contributed by atoms with E-state index in [0.717, 1.165) is 11.5 Å². The van der Waals surface area contributed by atoms with E-state index in [1.54, 1.807) is 6.07 Å². The van der Waals surface area contributed by atoms with Crippen molar-refractivity contribution in [2.24, 2.45) is 0 Å². The zero-order valence-electron chi connectivity index (χ0n) is 6.11. The molecule has 0 aliphatic carbocycles. The molecule has 0 unspecified atom stereocenters. The van der Waals surface area contributed by atoms with Crippen molar-refractivity contribution < 1.29 is 5.11 Å². The van der Waals surface area contributed by atoms with E-state index in [2.05, 4.69) is 14.6 Å². The monoisotopic (exact) mass is 194 g/mol. The maximum absolute atomic E-state index is 11.1. The summed E-state index contributed by atoms with van der Waals surface area (Å²) in [5.74, 6) is -0.439. The minimum atomic E-state index is -0.541. The van der Waals surface area contributed by atoms with Gasteiger partial charge in [-0.3, -0.25) is 9.78 Å². The Balaban J connectivity index is 3.08. The first kappa shape index (κ1) is 7.70. The number of hydrogen-bond donors (Lipinski definition) is 2. The fraction of sp³-hybridized carbons (Fsp3) is 0. The van der Waals surface area contributed by atoms with E-state index in [4.69, 9.17) is 5.26 Å². The number of nitrogens with zero attached hydrogens (tertiary/aromatic N) is 3. The topological polar surface area (TPSA) is 103 Å². The molecular weight excluding hydrogens is 192 g/mol. The summed E-state index contributed by atoms with van der Waals surface area (Å²) in [5, 5.41) is 21.4. The molecule has 2 N–H and O–H groups in total. The zero-order chi connectivity index (χ0) is 9.42. The standard InChI is InChI=1S/C6H2N4O2S/c7-1-2-4-3(9-10-13-4)6(12)8-5(2)11/h(H2,8,11,12). The number of aromatic amines is 1. The first-order valence-electron chi connectivity index (χ1n) is 3.21. The van der Waals surface area contributed by atoms with Crippen molar-refractivity contribution in [3.05, 3.63) is 15.9 Å². The highest BCUT2D eigenvalue weighted by atomic mass is 32.1. The number of pyridine rings is 1. The van der Waals surface area contributed by atoms with Crippen LogP contribution in [0.25, 0.3) is 10.2 Å². The molecule has 0 radical (unpaired) electrons. The molecule has 13 heavy (non-hydrogen) atoms. The van der Waals surface area contributed by atoms with Crippen LogP contribution in [0.3, 0.4) is 0 Å². The van der Waals surface area contributed by atoms with Gasteiger partial charge in [0, 0.05) is 0 Å². The van der Waals surface area contributed by atoms with Crippen LogP contribution in [0.4, 0.5) is 0 Å². The second kappa shape index (κ2) is 2.53. The van der Waals surface area contributed by atoms with E-state index in [9.17, 15) is 9.90 Å². The summed E-state index contributed by atoms with van der Waals surface area (Å²) in [4.78, 5) is 13.2. The Morgan fingerprint density at radius 1 is 1.62 bits per heavy atom. The van der Waals surface area contributed by atoms with Gasteiger partial charge in [-0.1, -0.05) is 4.49 Å². The molecule has 2 aromatic heterocycles. The van der Waals surface area contributed by atoms with Crippen molar-refractivity contribution in [3.63, 3.8) is 0 Å². The highest BCUT2D eigenvalue weighted by molar-refractivity contribution is 7.13. The normalized spacial score (nSPS) is 10.1. The van der Waals surface area contributed by atoms with E-state index >= 15 is 0 Å². The molecule has 0 aliphatic rings. The van der Waals surface area contributed by atoms with Gasteiger partial charge in [-0.05, 0) is 11.5 Å². The van der Waals surface area contributed by atoms with Gasteiger partial charge in [0.05, 0.1) is 0 Å². The lowest BCUT2D eigenvalue weighted by Crippen LogP contribution is -2.06.